The first kappa shape index (κ1) is 10.7. The summed E-state index contributed by atoms with van der Waals surface area (Å²) in [6.45, 7) is 6.10. The highest BCUT2D eigenvalue weighted by Gasteiger charge is 2.20. The van der Waals surface area contributed by atoms with Gasteiger partial charge >= 0.3 is 5.97 Å². The predicted octanol–water partition coefficient (Wildman–Crippen LogP) is 2.56. The molecule has 16 heavy (non-hydrogen) atoms. The molecule has 4 nitrogen and oxygen atoms in total. The van der Waals surface area contributed by atoms with E-state index in [2.05, 4.69) is 9.97 Å². The molecule has 0 aliphatic carbocycles. The fourth-order valence-electron chi connectivity index (χ4n) is 1.56. The van der Waals surface area contributed by atoms with Crippen molar-refractivity contribution in [2.24, 2.45) is 0 Å². The fraction of sp³-hybridized carbons (Fsp3) is 0.333. The summed E-state index contributed by atoms with van der Waals surface area (Å²) in [6, 6.07) is 5.12. The van der Waals surface area contributed by atoms with Gasteiger partial charge in [0, 0.05) is 5.41 Å². The van der Waals surface area contributed by atoms with Gasteiger partial charge in [0.2, 0.25) is 0 Å². The molecular weight excluding hydrogens is 204 g/mol. The zero-order valence-electron chi connectivity index (χ0n) is 9.53. The second kappa shape index (κ2) is 3.33. The number of aromatic nitrogens is 2. The van der Waals surface area contributed by atoms with Gasteiger partial charge in [-0.2, -0.15) is 0 Å². The van der Waals surface area contributed by atoms with E-state index in [0.717, 1.165) is 11.3 Å². The molecule has 2 rings (SSSR count). The molecule has 1 aromatic carbocycles. The Morgan fingerprint density at radius 2 is 2.06 bits per heavy atom. The van der Waals surface area contributed by atoms with Crippen LogP contribution in [0.5, 0.6) is 0 Å². The summed E-state index contributed by atoms with van der Waals surface area (Å²) >= 11 is 0. The van der Waals surface area contributed by atoms with Crippen LogP contribution in [0.25, 0.3) is 11.0 Å². The fourth-order valence-corrected chi connectivity index (χ4v) is 1.56. The van der Waals surface area contributed by atoms with Crippen LogP contribution in [-0.4, -0.2) is 21.0 Å². The number of carboxylic acid groups (broad SMARTS) is 1. The number of rotatable bonds is 1. The quantitative estimate of drug-likeness (QED) is 0.773. The number of para-hydroxylation sites is 1. The van der Waals surface area contributed by atoms with Crippen molar-refractivity contribution in [2.75, 3.05) is 0 Å². The molecule has 1 heterocycles. The lowest BCUT2D eigenvalue weighted by atomic mass is 9.96. The highest BCUT2D eigenvalue weighted by molar-refractivity contribution is 6.00. The molecule has 0 saturated heterocycles. The summed E-state index contributed by atoms with van der Waals surface area (Å²) in [5.74, 6) is -0.145. The molecule has 4 heteroatoms. The minimum absolute atomic E-state index is 0.116. The lowest BCUT2D eigenvalue weighted by Crippen LogP contribution is -2.13. The van der Waals surface area contributed by atoms with Crippen LogP contribution in [-0.2, 0) is 5.41 Å². The van der Waals surface area contributed by atoms with Crippen LogP contribution in [0.3, 0.4) is 0 Å². The number of hydrogen-bond acceptors (Lipinski definition) is 2. The maximum absolute atomic E-state index is 11.0. The van der Waals surface area contributed by atoms with E-state index in [1.165, 1.54) is 0 Å². The van der Waals surface area contributed by atoms with Crippen LogP contribution in [0, 0.1) is 0 Å². The number of nitrogens with zero attached hydrogens (tertiary/aromatic N) is 1. The number of aromatic carboxylic acids is 1. The maximum Gasteiger partial charge on any atom is 0.337 e. The largest absolute Gasteiger partial charge is 0.478 e. The third-order valence-electron chi connectivity index (χ3n) is 2.45. The summed E-state index contributed by atoms with van der Waals surface area (Å²) in [6.07, 6.45) is 0. The van der Waals surface area contributed by atoms with Crippen molar-refractivity contribution in [3.8, 4) is 0 Å². The van der Waals surface area contributed by atoms with Gasteiger partial charge in [-0.15, -0.1) is 0 Å². The smallest absolute Gasteiger partial charge is 0.337 e. The minimum Gasteiger partial charge on any atom is -0.478 e. The lowest BCUT2D eigenvalue weighted by molar-refractivity contribution is 0.0699. The first-order valence-electron chi connectivity index (χ1n) is 5.12. The van der Waals surface area contributed by atoms with E-state index >= 15 is 0 Å². The standard InChI is InChI=1S/C12H14N2O2/c1-12(2,3)11-13-8-6-4-5-7(10(15)16)9(8)14-11/h4-6H,1-3H3,(H,13,14)(H,15,16). The number of hydrogen-bond donors (Lipinski definition) is 2. The van der Waals surface area contributed by atoms with Crippen LogP contribution in [0.1, 0.15) is 37.0 Å². The average Bonchev–Trinajstić information content (AvgIpc) is 2.59. The molecule has 0 unspecified atom stereocenters. The number of carbonyl (C=O) groups is 1. The van der Waals surface area contributed by atoms with Crippen LogP contribution < -0.4 is 0 Å². The number of fused-ring (bicyclic) bond motifs is 1. The third-order valence-corrected chi connectivity index (χ3v) is 2.45. The zero-order valence-corrected chi connectivity index (χ0v) is 9.53. The third kappa shape index (κ3) is 1.66. The van der Waals surface area contributed by atoms with Gasteiger partial charge in [0.05, 0.1) is 11.1 Å². The molecule has 0 aliphatic rings. The molecule has 84 valence electrons. The Labute approximate surface area is 93.3 Å². The maximum atomic E-state index is 11.0. The number of aromatic amines is 1. The summed E-state index contributed by atoms with van der Waals surface area (Å²) in [7, 11) is 0. The number of H-pyrrole nitrogens is 1. The Morgan fingerprint density at radius 1 is 1.38 bits per heavy atom. The molecule has 0 fully saturated rings. The molecule has 2 aromatic rings. The SMILES string of the molecule is CC(C)(C)c1nc2c(C(=O)O)cccc2[nH]1. The lowest BCUT2D eigenvalue weighted by Gasteiger charge is -2.13. The molecule has 0 amide bonds. The van der Waals surface area contributed by atoms with Crippen LogP contribution in [0.4, 0.5) is 0 Å². The van der Waals surface area contributed by atoms with Crippen molar-refractivity contribution in [2.45, 2.75) is 26.2 Å². The van der Waals surface area contributed by atoms with Crippen molar-refractivity contribution >= 4 is 17.0 Å². The summed E-state index contributed by atoms with van der Waals surface area (Å²) in [4.78, 5) is 18.5. The molecule has 0 saturated carbocycles. The summed E-state index contributed by atoms with van der Waals surface area (Å²) < 4.78 is 0. The van der Waals surface area contributed by atoms with E-state index < -0.39 is 5.97 Å². The van der Waals surface area contributed by atoms with E-state index in [1.54, 1.807) is 12.1 Å². The molecule has 0 aliphatic heterocycles. The molecular formula is C12H14N2O2. The molecule has 0 spiro atoms. The van der Waals surface area contributed by atoms with Crippen molar-refractivity contribution in [1.82, 2.24) is 9.97 Å². The Kier molecular flexibility index (Phi) is 2.22. The molecule has 0 bridgehead atoms. The normalized spacial score (nSPS) is 11.9. The van der Waals surface area contributed by atoms with Gasteiger partial charge in [-0.3, -0.25) is 0 Å². The number of nitrogens with one attached hydrogen (secondary N) is 1. The van der Waals surface area contributed by atoms with Crippen molar-refractivity contribution < 1.29 is 9.90 Å². The van der Waals surface area contributed by atoms with Gasteiger partial charge in [0.25, 0.3) is 0 Å². The Bertz CT molecular complexity index is 550. The predicted molar refractivity (Wildman–Crippen MR) is 61.8 cm³/mol. The molecule has 1 aromatic heterocycles. The zero-order chi connectivity index (χ0) is 11.9. The van der Waals surface area contributed by atoms with Crippen molar-refractivity contribution in [3.63, 3.8) is 0 Å². The van der Waals surface area contributed by atoms with Gasteiger partial charge < -0.3 is 10.1 Å². The van der Waals surface area contributed by atoms with Gasteiger partial charge in [0.15, 0.2) is 0 Å². The van der Waals surface area contributed by atoms with Crippen molar-refractivity contribution in [3.05, 3.63) is 29.6 Å². The van der Waals surface area contributed by atoms with Gasteiger partial charge in [0.1, 0.15) is 11.3 Å². The van der Waals surface area contributed by atoms with Gasteiger partial charge in [-0.05, 0) is 12.1 Å². The van der Waals surface area contributed by atoms with E-state index in [4.69, 9.17) is 5.11 Å². The summed E-state index contributed by atoms with van der Waals surface area (Å²) in [5.41, 5.74) is 1.42. The monoisotopic (exact) mass is 218 g/mol. The van der Waals surface area contributed by atoms with E-state index in [0.29, 0.717) is 5.52 Å². The van der Waals surface area contributed by atoms with Crippen LogP contribution in [0.2, 0.25) is 0 Å². The second-order valence-electron chi connectivity index (χ2n) is 4.84. The number of benzene rings is 1. The Hall–Kier alpha value is -1.84. The average molecular weight is 218 g/mol. The summed E-state index contributed by atoms with van der Waals surface area (Å²) in [5, 5.41) is 9.04. The van der Waals surface area contributed by atoms with Gasteiger partial charge in [-0.1, -0.05) is 26.8 Å². The minimum atomic E-state index is -0.947. The number of imidazole rings is 1. The van der Waals surface area contributed by atoms with Crippen LogP contribution >= 0.6 is 0 Å². The second-order valence-corrected chi connectivity index (χ2v) is 4.84. The van der Waals surface area contributed by atoms with Gasteiger partial charge in [-0.25, -0.2) is 9.78 Å². The first-order valence-corrected chi connectivity index (χ1v) is 5.12. The molecule has 0 radical (unpaired) electrons. The van der Waals surface area contributed by atoms with E-state index in [1.807, 2.05) is 26.8 Å². The first-order chi connectivity index (χ1) is 7.39. The Morgan fingerprint density at radius 3 is 2.62 bits per heavy atom. The number of carboxylic acids is 1. The van der Waals surface area contributed by atoms with E-state index in [-0.39, 0.29) is 11.0 Å². The highest BCUT2D eigenvalue weighted by Crippen LogP contribution is 2.24. The topological polar surface area (TPSA) is 66.0 Å². The molecule has 2 N–H and O–H groups in total. The van der Waals surface area contributed by atoms with E-state index in [9.17, 15) is 4.79 Å². The highest BCUT2D eigenvalue weighted by atomic mass is 16.4. The molecule has 0 atom stereocenters. The van der Waals surface area contributed by atoms with Crippen molar-refractivity contribution in [1.29, 1.82) is 0 Å². The Balaban J connectivity index is 2.71. The van der Waals surface area contributed by atoms with Crippen LogP contribution in [0.15, 0.2) is 18.2 Å².